The number of aromatic nitrogens is 3. The third-order valence-corrected chi connectivity index (χ3v) is 5.67. The first kappa shape index (κ1) is 17.9. The second kappa shape index (κ2) is 6.70. The van der Waals surface area contributed by atoms with Crippen molar-refractivity contribution in [1.29, 1.82) is 0 Å². The number of hydrogen-bond acceptors (Lipinski definition) is 7. The predicted octanol–water partition coefficient (Wildman–Crippen LogP) is 3.68. The van der Waals surface area contributed by atoms with Crippen LogP contribution in [0.2, 0.25) is 0 Å². The van der Waals surface area contributed by atoms with Crippen LogP contribution in [0.3, 0.4) is 0 Å². The molecule has 7 nitrogen and oxygen atoms in total. The maximum absolute atomic E-state index is 6.03. The van der Waals surface area contributed by atoms with Crippen LogP contribution in [-0.2, 0) is 4.74 Å². The summed E-state index contributed by atoms with van der Waals surface area (Å²) in [6.45, 7) is 8.66. The lowest BCUT2D eigenvalue weighted by Gasteiger charge is -2.40. The zero-order valence-corrected chi connectivity index (χ0v) is 16.9. The summed E-state index contributed by atoms with van der Waals surface area (Å²) in [6.07, 6.45) is 3.67. The van der Waals surface area contributed by atoms with Crippen molar-refractivity contribution >= 4 is 23.3 Å². The third kappa shape index (κ3) is 2.98. The number of rotatable bonds is 3. The SMILES string of the molecule is Cc1cc(C)c(Nc2nc(N)ncc2-c2c3ccnc2N2CCOC3C2)c(C)c1. The quantitative estimate of drug-likeness (QED) is 0.707. The van der Waals surface area contributed by atoms with Crippen molar-refractivity contribution in [2.45, 2.75) is 26.9 Å². The molecule has 1 atom stereocenters. The van der Waals surface area contributed by atoms with Crippen LogP contribution in [0.15, 0.2) is 30.6 Å². The molecule has 4 bridgehead atoms. The first-order valence-electron chi connectivity index (χ1n) is 9.84. The Kier molecular flexibility index (Phi) is 4.13. The van der Waals surface area contributed by atoms with Crippen molar-refractivity contribution < 1.29 is 4.74 Å². The molecule has 1 fully saturated rings. The molecule has 2 aromatic heterocycles. The lowest BCUT2D eigenvalue weighted by atomic mass is 9.93. The van der Waals surface area contributed by atoms with Gasteiger partial charge in [-0.25, -0.2) is 9.97 Å². The summed E-state index contributed by atoms with van der Waals surface area (Å²) in [5, 5.41) is 3.53. The zero-order valence-electron chi connectivity index (χ0n) is 16.9. The van der Waals surface area contributed by atoms with Crippen LogP contribution < -0.4 is 16.0 Å². The van der Waals surface area contributed by atoms with Gasteiger partial charge >= 0.3 is 0 Å². The van der Waals surface area contributed by atoms with E-state index < -0.39 is 0 Å². The van der Waals surface area contributed by atoms with E-state index >= 15 is 0 Å². The molecule has 148 valence electrons. The number of morpholine rings is 1. The lowest BCUT2D eigenvalue weighted by molar-refractivity contribution is 0.0371. The Morgan fingerprint density at radius 2 is 1.97 bits per heavy atom. The molecule has 0 saturated carbocycles. The van der Waals surface area contributed by atoms with Gasteiger partial charge in [0, 0.05) is 42.3 Å². The second-order valence-corrected chi connectivity index (χ2v) is 7.79. The average Bonchev–Trinajstić information content (AvgIpc) is 2.69. The number of nitrogens with one attached hydrogen (secondary N) is 1. The highest BCUT2D eigenvalue weighted by atomic mass is 16.5. The van der Waals surface area contributed by atoms with E-state index in [1.54, 1.807) is 6.20 Å². The van der Waals surface area contributed by atoms with Crippen molar-refractivity contribution in [2.75, 3.05) is 35.6 Å². The number of fused-ring (bicyclic) bond motifs is 6. The largest absolute Gasteiger partial charge is 0.370 e. The summed E-state index contributed by atoms with van der Waals surface area (Å²) in [6, 6.07) is 6.36. The molecule has 7 heteroatoms. The van der Waals surface area contributed by atoms with E-state index in [-0.39, 0.29) is 12.1 Å². The number of benzene rings is 1. The highest BCUT2D eigenvalue weighted by Gasteiger charge is 2.34. The van der Waals surface area contributed by atoms with Crippen molar-refractivity contribution in [2.24, 2.45) is 0 Å². The molecule has 2 aliphatic heterocycles. The minimum absolute atomic E-state index is 0.0301. The van der Waals surface area contributed by atoms with Gasteiger partial charge in [-0.3, -0.25) is 0 Å². The molecule has 0 amide bonds. The fourth-order valence-electron chi connectivity index (χ4n) is 4.45. The molecule has 1 aromatic carbocycles. The minimum Gasteiger partial charge on any atom is -0.370 e. The van der Waals surface area contributed by atoms with Gasteiger partial charge < -0.3 is 20.7 Å². The number of nitrogen functional groups attached to an aromatic ring is 1. The number of nitrogens with two attached hydrogens (primary N) is 1. The molecule has 3 N–H and O–H groups in total. The number of pyridine rings is 1. The number of anilines is 4. The van der Waals surface area contributed by atoms with Crippen molar-refractivity contribution in [3.8, 4) is 11.1 Å². The Morgan fingerprint density at radius 1 is 1.17 bits per heavy atom. The Bertz CT molecular complexity index is 1060. The Morgan fingerprint density at radius 3 is 2.76 bits per heavy atom. The summed E-state index contributed by atoms with van der Waals surface area (Å²) < 4.78 is 6.03. The maximum Gasteiger partial charge on any atom is 0.221 e. The summed E-state index contributed by atoms with van der Waals surface area (Å²) in [5.74, 6) is 1.87. The van der Waals surface area contributed by atoms with E-state index in [2.05, 4.69) is 58.1 Å². The van der Waals surface area contributed by atoms with E-state index in [1.165, 1.54) is 5.56 Å². The number of ether oxygens (including phenoxy) is 1. The van der Waals surface area contributed by atoms with Gasteiger partial charge in [0.25, 0.3) is 0 Å². The Labute approximate surface area is 170 Å². The van der Waals surface area contributed by atoms with E-state index in [9.17, 15) is 0 Å². The predicted molar refractivity (Wildman–Crippen MR) is 115 cm³/mol. The monoisotopic (exact) mass is 388 g/mol. The van der Waals surface area contributed by atoms with Gasteiger partial charge in [-0.15, -0.1) is 0 Å². The molecule has 4 heterocycles. The zero-order chi connectivity index (χ0) is 20.1. The molecule has 3 aromatic rings. The molecule has 1 unspecified atom stereocenters. The van der Waals surface area contributed by atoms with Crippen LogP contribution in [0.5, 0.6) is 0 Å². The average molecular weight is 388 g/mol. The van der Waals surface area contributed by atoms with E-state index in [0.29, 0.717) is 12.4 Å². The standard InChI is InChI=1S/C22H24N6O/c1-12-8-13(2)19(14(3)9-12)26-20-16(10-25-22(23)27-20)18-15-4-5-24-21(18)28-6-7-29-17(15)11-28/h4-5,8-10,17H,6-7,11H2,1-3H3,(H3,23,25,26,27). The van der Waals surface area contributed by atoms with Crippen LogP contribution in [-0.4, -0.2) is 34.6 Å². The van der Waals surface area contributed by atoms with Crippen LogP contribution in [0.1, 0.15) is 28.4 Å². The molecule has 2 aliphatic rings. The third-order valence-electron chi connectivity index (χ3n) is 5.67. The fourth-order valence-corrected chi connectivity index (χ4v) is 4.45. The lowest BCUT2D eigenvalue weighted by Crippen LogP contribution is -2.42. The molecule has 0 aliphatic carbocycles. The van der Waals surface area contributed by atoms with Crippen molar-refractivity contribution in [3.05, 3.63) is 52.8 Å². The van der Waals surface area contributed by atoms with Crippen molar-refractivity contribution in [1.82, 2.24) is 15.0 Å². The van der Waals surface area contributed by atoms with Gasteiger partial charge in [0.15, 0.2) is 0 Å². The van der Waals surface area contributed by atoms with Gasteiger partial charge in [0.05, 0.1) is 6.61 Å². The van der Waals surface area contributed by atoms with Crippen LogP contribution in [0.25, 0.3) is 11.1 Å². The molecule has 0 radical (unpaired) electrons. The topological polar surface area (TPSA) is 89.2 Å². The summed E-state index contributed by atoms with van der Waals surface area (Å²) >= 11 is 0. The first-order chi connectivity index (χ1) is 14.0. The van der Waals surface area contributed by atoms with E-state index in [4.69, 9.17) is 10.5 Å². The van der Waals surface area contributed by atoms with Gasteiger partial charge in [-0.1, -0.05) is 17.7 Å². The van der Waals surface area contributed by atoms with Gasteiger partial charge in [-0.2, -0.15) is 4.98 Å². The first-order valence-corrected chi connectivity index (χ1v) is 9.84. The van der Waals surface area contributed by atoms with Gasteiger partial charge in [0.2, 0.25) is 5.95 Å². The Balaban J connectivity index is 1.67. The molecular formula is C22H24N6O. The molecule has 5 rings (SSSR count). The van der Waals surface area contributed by atoms with Gasteiger partial charge in [0.1, 0.15) is 17.7 Å². The van der Waals surface area contributed by atoms with E-state index in [0.717, 1.165) is 52.4 Å². The van der Waals surface area contributed by atoms with E-state index in [1.807, 2.05) is 12.3 Å². The van der Waals surface area contributed by atoms with Crippen LogP contribution in [0.4, 0.5) is 23.3 Å². The summed E-state index contributed by atoms with van der Waals surface area (Å²) in [7, 11) is 0. The smallest absolute Gasteiger partial charge is 0.221 e. The maximum atomic E-state index is 6.03. The minimum atomic E-state index is 0.0301. The second-order valence-electron chi connectivity index (χ2n) is 7.79. The molecule has 1 saturated heterocycles. The number of aryl methyl sites for hydroxylation is 3. The summed E-state index contributed by atoms with van der Waals surface area (Å²) in [5.41, 5.74) is 13.6. The Hall–Kier alpha value is -3.19. The fraction of sp³-hybridized carbons (Fsp3) is 0.318. The number of hydrogen-bond donors (Lipinski definition) is 2. The molecule has 0 spiro atoms. The van der Waals surface area contributed by atoms with Crippen LogP contribution >= 0.6 is 0 Å². The highest BCUT2D eigenvalue weighted by molar-refractivity contribution is 5.89. The summed E-state index contributed by atoms with van der Waals surface area (Å²) in [4.78, 5) is 15.8. The number of nitrogens with zero attached hydrogens (tertiary/aromatic N) is 4. The molecular weight excluding hydrogens is 364 g/mol. The normalized spacial score (nSPS) is 17.3. The molecule has 29 heavy (non-hydrogen) atoms. The van der Waals surface area contributed by atoms with Gasteiger partial charge in [-0.05, 0) is 43.5 Å². The highest BCUT2D eigenvalue weighted by Crippen LogP contribution is 2.45. The van der Waals surface area contributed by atoms with Crippen molar-refractivity contribution in [3.63, 3.8) is 0 Å². The van der Waals surface area contributed by atoms with Crippen LogP contribution in [0, 0.1) is 20.8 Å².